The molecule has 288 valence electrons. The van der Waals surface area contributed by atoms with E-state index in [0.29, 0.717) is 17.5 Å². The molecule has 8 aromatic carbocycles. The molecular weight excluding hydrogens is 747 g/mol. The number of para-hydroxylation sites is 3. The highest BCUT2D eigenvalue weighted by Gasteiger charge is 2.37. The van der Waals surface area contributed by atoms with Crippen LogP contribution in [-0.4, -0.2) is 15.0 Å². The number of rotatable bonds is 4. The fourth-order valence-corrected chi connectivity index (χ4v) is 10.4. The largest absolute Gasteiger partial charge is 0.455 e. The molecule has 3 aromatic heterocycles. The molecule has 2 aliphatic rings. The Hall–Kier alpha value is -7.63. The van der Waals surface area contributed by atoms with Crippen LogP contribution >= 0.6 is 0 Å². The first-order valence-corrected chi connectivity index (χ1v) is 21.0. The normalized spacial score (nSPS) is 15.0. The Morgan fingerprint density at radius 3 is 1.84 bits per heavy atom. The topological polar surface area (TPSA) is 65.0 Å². The van der Waals surface area contributed by atoms with Crippen LogP contribution in [0.2, 0.25) is 0 Å². The lowest BCUT2D eigenvalue weighted by Gasteiger charge is -2.30. The first-order chi connectivity index (χ1) is 30.0. The van der Waals surface area contributed by atoms with Gasteiger partial charge in [-0.3, -0.25) is 0 Å². The number of fused-ring (bicyclic) bond motifs is 12. The van der Waals surface area contributed by atoms with Crippen molar-refractivity contribution in [3.63, 3.8) is 0 Å². The van der Waals surface area contributed by atoms with Gasteiger partial charge in [-0.05, 0) is 92.9 Å². The predicted molar refractivity (Wildman–Crippen MR) is 246 cm³/mol. The standard InChI is InChI=1S/C56H37N3O2/c1-56(2)47-24-10-8-18-37(47)45-30-34-29-43(35-16-6-7-17-36(35)44(34)31-48(45)56)33-26-27-50-46(28-33)40-21-13-23-42(52(40)61-50)55-58-53(32-14-4-3-5-15-32)57-54(59-55)41-22-12-20-39-38-19-9-11-25-49(38)60-51(39)41/h3-28,30-31,43H,29H2,1-2H3. The van der Waals surface area contributed by atoms with Crippen LogP contribution in [0.15, 0.2) is 179 Å². The Morgan fingerprint density at radius 2 is 1.05 bits per heavy atom. The van der Waals surface area contributed by atoms with E-state index in [9.17, 15) is 0 Å². The maximum absolute atomic E-state index is 6.79. The van der Waals surface area contributed by atoms with E-state index in [1.54, 1.807) is 0 Å². The Labute approximate surface area is 352 Å². The van der Waals surface area contributed by atoms with E-state index in [-0.39, 0.29) is 11.3 Å². The minimum absolute atomic E-state index is 0.0481. The van der Waals surface area contributed by atoms with Gasteiger partial charge in [0.2, 0.25) is 0 Å². The van der Waals surface area contributed by atoms with Crippen LogP contribution in [0.5, 0.6) is 0 Å². The molecule has 5 nitrogen and oxygen atoms in total. The van der Waals surface area contributed by atoms with Gasteiger partial charge in [-0.2, -0.15) is 0 Å². The van der Waals surface area contributed by atoms with Crippen molar-refractivity contribution in [3.8, 4) is 56.4 Å². The zero-order valence-electron chi connectivity index (χ0n) is 33.6. The van der Waals surface area contributed by atoms with Gasteiger partial charge in [0.05, 0.1) is 11.1 Å². The molecule has 5 heteroatoms. The third-order valence-electron chi connectivity index (χ3n) is 13.3. The number of benzene rings is 8. The summed E-state index contributed by atoms with van der Waals surface area (Å²) in [6.45, 7) is 4.73. The van der Waals surface area contributed by atoms with Crippen molar-refractivity contribution in [1.29, 1.82) is 0 Å². The van der Waals surface area contributed by atoms with Crippen LogP contribution in [0, 0.1) is 0 Å². The number of nitrogens with zero attached hydrogens (tertiary/aromatic N) is 3. The number of hydrogen-bond donors (Lipinski definition) is 0. The summed E-state index contributed by atoms with van der Waals surface area (Å²) < 4.78 is 13.3. The molecule has 13 rings (SSSR count). The Kier molecular flexibility index (Phi) is 7.12. The van der Waals surface area contributed by atoms with Gasteiger partial charge < -0.3 is 8.83 Å². The van der Waals surface area contributed by atoms with Crippen LogP contribution < -0.4 is 0 Å². The lowest BCUT2D eigenvalue weighted by molar-refractivity contribution is 0.659. The number of furan rings is 2. The van der Waals surface area contributed by atoms with Crippen molar-refractivity contribution in [2.45, 2.75) is 31.6 Å². The SMILES string of the molecule is CC1(C)c2ccccc2-c2cc3c(cc21)-c1ccccc1C(c1ccc2oc4c(-c5nc(-c6ccccc6)nc(-c6cccc7c6oc6ccccc67)n5)cccc4c2c1)C3. The molecule has 0 aliphatic heterocycles. The van der Waals surface area contributed by atoms with E-state index in [0.717, 1.165) is 67.0 Å². The summed E-state index contributed by atoms with van der Waals surface area (Å²) in [7, 11) is 0. The third-order valence-corrected chi connectivity index (χ3v) is 13.3. The molecule has 2 aliphatic carbocycles. The van der Waals surface area contributed by atoms with Gasteiger partial charge in [0.15, 0.2) is 17.5 Å². The number of aromatic nitrogens is 3. The summed E-state index contributed by atoms with van der Waals surface area (Å²) in [6, 6.07) is 60.3. The lowest BCUT2D eigenvalue weighted by Crippen LogP contribution is -2.17. The zero-order chi connectivity index (χ0) is 40.4. The third kappa shape index (κ3) is 5.04. The van der Waals surface area contributed by atoms with Gasteiger partial charge in [0.25, 0.3) is 0 Å². The molecule has 11 aromatic rings. The molecule has 0 radical (unpaired) electrons. The van der Waals surface area contributed by atoms with Gasteiger partial charge in [-0.25, -0.2) is 15.0 Å². The van der Waals surface area contributed by atoms with Crippen LogP contribution in [0.3, 0.4) is 0 Å². The van der Waals surface area contributed by atoms with E-state index >= 15 is 0 Å². The monoisotopic (exact) mass is 783 g/mol. The molecule has 0 fully saturated rings. The second-order valence-electron chi connectivity index (χ2n) is 17.1. The average Bonchev–Trinajstić information content (AvgIpc) is 3.95. The summed E-state index contributed by atoms with van der Waals surface area (Å²) in [5, 5.41) is 4.18. The lowest BCUT2D eigenvalue weighted by atomic mass is 9.73. The maximum Gasteiger partial charge on any atom is 0.167 e. The Morgan fingerprint density at radius 1 is 0.443 bits per heavy atom. The quantitative estimate of drug-likeness (QED) is 0.178. The van der Waals surface area contributed by atoms with E-state index < -0.39 is 0 Å². The van der Waals surface area contributed by atoms with Crippen LogP contribution in [0.1, 0.15) is 47.6 Å². The second-order valence-corrected chi connectivity index (χ2v) is 17.1. The predicted octanol–water partition coefficient (Wildman–Crippen LogP) is 14.3. The van der Waals surface area contributed by atoms with E-state index in [2.05, 4.69) is 117 Å². The summed E-state index contributed by atoms with van der Waals surface area (Å²) in [4.78, 5) is 15.4. The smallest absolute Gasteiger partial charge is 0.167 e. The average molecular weight is 784 g/mol. The molecule has 3 heterocycles. The minimum Gasteiger partial charge on any atom is -0.455 e. The number of hydrogen-bond acceptors (Lipinski definition) is 5. The summed E-state index contributed by atoms with van der Waals surface area (Å²) in [5.74, 6) is 1.84. The zero-order valence-corrected chi connectivity index (χ0v) is 33.6. The van der Waals surface area contributed by atoms with Gasteiger partial charge in [0.1, 0.15) is 22.3 Å². The fourth-order valence-electron chi connectivity index (χ4n) is 10.4. The van der Waals surface area contributed by atoms with Crippen LogP contribution in [0.4, 0.5) is 0 Å². The molecule has 0 N–H and O–H groups in total. The van der Waals surface area contributed by atoms with Crippen molar-refractivity contribution in [2.24, 2.45) is 0 Å². The van der Waals surface area contributed by atoms with Crippen molar-refractivity contribution in [2.75, 3.05) is 0 Å². The fraction of sp³-hybridized carbons (Fsp3) is 0.0893. The highest BCUT2D eigenvalue weighted by Crippen LogP contribution is 2.53. The van der Waals surface area contributed by atoms with E-state index in [1.807, 2.05) is 66.7 Å². The molecule has 1 unspecified atom stereocenters. The van der Waals surface area contributed by atoms with Crippen molar-refractivity contribution >= 4 is 43.9 Å². The van der Waals surface area contributed by atoms with Crippen LogP contribution in [-0.2, 0) is 11.8 Å². The Balaban J connectivity index is 0.952. The first kappa shape index (κ1) is 34.3. The van der Waals surface area contributed by atoms with Crippen molar-refractivity contribution in [3.05, 3.63) is 198 Å². The first-order valence-electron chi connectivity index (χ1n) is 21.0. The van der Waals surface area contributed by atoms with E-state index in [1.165, 1.54) is 50.1 Å². The molecule has 61 heavy (non-hydrogen) atoms. The highest BCUT2D eigenvalue weighted by molar-refractivity contribution is 6.10. The molecule has 0 saturated heterocycles. The summed E-state index contributed by atoms with van der Waals surface area (Å²) in [6.07, 6.45) is 0.919. The highest BCUT2D eigenvalue weighted by atomic mass is 16.3. The van der Waals surface area contributed by atoms with Gasteiger partial charge >= 0.3 is 0 Å². The summed E-state index contributed by atoms with van der Waals surface area (Å²) >= 11 is 0. The maximum atomic E-state index is 6.79. The molecule has 0 saturated carbocycles. The van der Waals surface area contributed by atoms with Crippen molar-refractivity contribution < 1.29 is 8.83 Å². The minimum atomic E-state index is -0.0481. The molecule has 0 spiro atoms. The Bertz CT molecular complexity index is 3610. The molecule has 1 atom stereocenters. The van der Waals surface area contributed by atoms with Crippen LogP contribution in [0.25, 0.3) is 100 Å². The molecule has 0 amide bonds. The van der Waals surface area contributed by atoms with Gasteiger partial charge in [-0.15, -0.1) is 0 Å². The summed E-state index contributed by atoms with van der Waals surface area (Å²) in [5.41, 5.74) is 17.9. The second kappa shape index (κ2) is 12.7. The molecular formula is C56H37N3O2. The molecule has 0 bridgehead atoms. The van der Waals surface area contributed by atoms with Gasteiger partial charge in [-0.1, -0.05) is 147 Å². The van der Waals surface area contributed by atoms with E-state index in [4.69, 9.17) is 23.8 Å². The van der Waals surface area contributed by atoms with Gasteiger partial charge in [0, 0.05) is 38.4 Å². The van der Waals surface area contributed by atoms with Crippen molar-refractivity contribution in [1.82, 2.24) is 15.0 Å².